The molecular weight excluding hydrogens is 360 g/mol. The van der Waals surface area contributed by atoms with Crippen LogP contribution in [0.4, 0.5) is 5.82 Å². The average Bonchev–Trinajstić information content (AvgIpc) is 3.09. The zero-order valence-electron chi connectivity index (χ0n) is 15.9. The van der Waals surface area contributed by atoms with Crippen molar-refractivity contribution >= 4 is 15.7 Å². The third-order valence-electron chi connectivity index (χ3n) is 4.91. The van der Waals surface area contributed by atoms with E-state index in [0.717, 1.165) is 18.5 Å². The predicted molar refractivity (Wildman–Crippen MR) is 104 cm³/mol. The number of nitriles is 1. The van der Waals surface area contributed by atoms with Gasteiger partial charge in [0.25, 0.3) is 0 Å². The van der Waals surface area contributed by atoms with E-state index < -0.39 is 9.84 Å². The van der Waals surface area contributed by atoms with Gasteiger partial charge in [-0.1, -0.05) is 32.9 Å². The molecule has 0 aliphatic carbocycles. The summed E-state index contributed by atoms with van der Waals surface area (Å²) in [6.07, 6.45) is 0.793. The highest BCUT2D eigenvalue weighted by Gasteiger charge is 2.29. The van der Waals surface area contributed by atoms with Crippen LogP contribution in [0.3, 0.4) is 0 Å². The van der Waals surface area contributed by atoms with Crippen LogP contribution in [0.2, 0.25) is 0 Å². The molecule has 27 heavy (non-hydrogen) atoms. The highest BCUT2D eigenvalue weighted by atomic mass is 32.2. The Bertz CT molecular complexity index is 939. The molecule has 1 unspecified atom stereocenters. The molecule has 0 amide bonds. The second-order valence-electron chi connectivity index (χ2n) is 8.05. The first kappa shape index (κ1) is 19.3. The standard InChI is InChI=1S/C20H24N4O2S/c1-20(2,3)16-4-7-18(8-5-16)27(25,26)14-15-10-11-24(13-15)19-9-6-17(12-21)22-23-19/h4-9,15H,10-11,13-14H2,1-3H3. The maximum absolute atomic E-state index is 12.8. The van der Waals surface area contributed by atoms with Crippen LogP contribution in [0.15, 0.2) is 41.3 Å². The molecule has 7 heteroatoms. The Balaban J connectivity index is 1.67. The van der Waals surface area contributed by atoms with Crippen LogP contribution < -0.4 is 4.90 Å². The smallest absolute Gasteiger partial charge is 0.178 e. The van der Waals surface area contributed by atoms with Crippen molar-refractivity contribution in [1.82, 2.24) is 10.2 Å². The van der Waals surface area contributed by atoms with Gasteiger partial charge in [-0.25, -0.2) is 8.42 Å². The summed E-state index contributed by atoms with van der Waals surface area (Å²) in [4.78, 5) is 2.41. The van der Waals surface area contributed by atoms with Crippen molar-refractivity contribution in [1.29, 1.82) is 5.26 Å². The fourth-order valence-electron chi connectivity index (χ4n) is 3.30. The number of hydrogen-bond acceptors (Lipinski definition) is 6. The summed E-state index contributed by atoms with van der Waals surface area (Å²) in [6, 6.07) is 12.6. The lowest BCUT2D eigenvalue weighted by Gasteiger charge is -2.19. The molecule has 0 spiro atoms. The number of aromatic nitrogens is 2. The molecule has 1 saturated heterocycles. The van der Waals surface area contributed by atoms with Gasteiger partial charge in [-0.2, -0.15) is 5.26 Å². The van der Waals surface area contributed by atoms with Crippen molar-refractivity contribution in [3.05, 3.63) is 47.7 Å². The minimum absolute atomic E-state index is 0.00360. The van der Waals surface area contributed by atoms with E-state index in [9.17, 15) is 8.42 Å². The van der Waals surface area contributed by atoms with E-state index in [1.165, 1.54) is 0 Å². The summed E-state index contributed by atoms with van der Waals surface area (Å²) in [5.41, 5.74) is 1.39. The minimum atomic E-state index is -3.33. The first-order valence-electron chi connectivity index (χ1n) is 9.01. The van der Waals surface area contributed by atoms with Crippen molar-refractivity contribution in [2.45, 2.75) is 37.5 Å². The van der Waals surface area contributed by atoms with Gasteiger partial charge >= 0.3 is 0 Å². The number of anilines is 1. The molecule has 0 saturated carbocycles. The summed E-state index contributed by atoms with van der Waals surface area (Å²) in [6.45, 7) is 7.69. The van der Waals surface area contributed by atoms with Crippen molar-refractivity contribution in [3.8, 4) is 6.07 Å². The summed E-state index contributed by atoms with van der Waals surface area (Å²) in [5, 5.41) is 16.7. The molecule has 6 nitrogen and oxygen atoms in total. The summed E-state index contributed by atoms with van der Waals surface area (Å²) >= 11 is 0. The molecular formula is C20H24N4O2S. The predicted octanol–water partition coefficient (Wildman–Crippen LogP) is 2.95. The Morgan fingerprint density at radius 2 is 1.85 bits per heavy atom. The monoisotopic (exact) mass is 384 g/mol. The molecule has 1 aliphatic rings. The molecule has 0 radical (unpaired) electrons. The summed E-state index contributed by atoms with van der Waals surface area (Å²) < 4.78 is 25.6. The van der Waals surface area contributed by atoms with Gasteiger partial charge in [-0.05, 0) is 47.6 Å². The molecule has 1 aliphatic heterocycles. The van der Waals surface area contributed by atoms with E-state index in [1.54, 1.807) is 24.3 Å². The Morgan fingerprint density at radius 1 is 1.15 bits per heavy atom. The summed E-state index contributed by atoms with van der Waals surface area (Å²) in [5.74, 6) is 0.861. The van der Waals surface area contributed by atoms with E-state index in [2.05, 4.69) is 31.0 Å². The number of hydrogen-bond donors (Lipinski definition) is 0. The van der Waals surface area contributed by atoms with Crippen LogP contribution in [-0.2, 0) is 15.3 Å². The lowest BCUT2D eigenvalue weighted by atomic mass is 9.87. The Hall–Kier alpha value is -2.46. The maximum Gasteiger partial charge on any atom is 0.178 e. The molecule has 0 bridgehead atoms. The Morgan fingerprint density at radius 3 is 2.41 bits per heavy atom. The van der Waals surface area contributed by atoms with Gasteiger partial charge in [0.1, 0.15) is 6.07 Å². The second-order valence-corrected chi connectivity index (χ2v) is 10.1. The van der Waals surface area contributed by atoms with Crippen molar-refractivity contribution in [3.63, 3.8) is 0 Å². The molecule has 3 rings (SSSR count). The second kappa shape index (κ2) is 7.28. The highest BCUT2D eigenvalue weighted by Crippen LogP contribution is 2.27. The molecule has 1 fully saturated rings. The zero-order valence-corrected chi connectivity index (χ0v) is 16.7. The lowest BCUT2D eigenvalue weighted by molar-refractivity contribution is 0.570. The zero-order chi connectivity index (χ0) is 19.7. The maximum atomic E-state index is 12.8. The first-order chi connectivity index (χ1) is 12.7. The third kappa shape index (κ3) is 4.45. The normalized spacial score (nSPS) is 17.7. The molecule has 1 aromatic heterocycles. The van der Waals surface area contributed by atoms with Gasteiger partial charge in [-0.3, -0.25) is 0 Å². The van der Waals surface area contributed by atoms with E-state index >= 15 is 0 Å². The molecule has 2 heterocycles. The van der Waals surface area contributed by atoms with Crippen LogP contribution in [0.5, 0.6) is 0 Å². The number of benzene rings is 1. The van der Waals surface area contributed by atoms with E-state index in [1.807, 2.05) is 23.1 Å². The highest BCUT2D eigenvalue weighted by molar-refractivity contribution is 7.91. The number of nitrogens with zero attached hydrogens (tertiary/aromatic N) is 4. The van der Waals surface area contributed by atoms with Crippen LogP contribution in [0.1, 0.15) is 38.4 Å². The Labute approximate surface area is 160 Å². The topological polar surface area (TPSA) is 87.0 Å². The van der Waals surface area contributed by atoms with E-state index in [-0.39, 0.29) is 22.8 Å². The SMILES string of the molecule is CC(C)(C)c1ccc(S(=O)(=O)CC2CCN(c3ccc(C#N)nn3)C2)cc1. The van der Waals surface area contributed by atoms with Gasteiger partial charge in [-0.15, -0.1) is 10.2 Å². The molecule has 2 aromatic rings. The van der Waals surface area contributed by atoms with Gasteiger partial charge < -0.3 is 4.90 Å². The van der Waals surface area contributed by atoms with Crippen LogP contribution in [0.25, 0.3) is 0 Å². The Kier molecular flexibility index (Phi) is 5.20. The van der Waals surface area contributed by atoms with Crippen molar-refractivity contribution < 1.29 is 8.42 Å². The number of sulfone groups is 1. The fourth-order valence-corrected chi connectivity index (χ4v) is 4.93. The molecule has 142 valence electrons. The van der Waals surface area contributed by atoms with Crippen LogP contribution in [0, 0.1) is 17.2 Å². The third-order valence-corrected chi connectivity index (χ3v) is 6.81. The van der Waals surface area contributed by atoms with Gasteiger partial charge in [0, 0.05) is 13.1 Å². The summed E-state index contributed by atoms with van der Waals surface area (Å²) in [7, 11) is -3.33. The van der Waals surface area contributed by atoms with Crippen LogP contribution in [-0.4, -0.2) is 37.5 Å². The quantitative estimate of drug-likeness (QED) is 0.805. The van der Waals surface area contributed by atoms with Gasteiger partial charge in [0.15, 0.2) is 21.3 Å². The minimum Gasteiger partial charge on any atom is -0.355 e. The van der Waals surface area contributed by atoms with E-state index in [0.29, 0.717) is 17.3 Å². The largest absolute Gasteiger partial charge is 0.355 e. The first-order valence-corrected chi connectivity index (χ1v) is 10.7. The lowest BCUT2D eigenvalue weighted by Crippen LogP contribution is -2.24. The van der Waals surface area contributed by atoms with Crippen molar-refractivity contribution in [2.24, 2.45) is 5.92 Å². The number of rotatable bonds is 4. The van der Waals surface area contributed by atoms with Crippen molar-refractivity contribution in [2.75, 3.05) is 23.7 Å². The van der Waals surface area contributed by atoms with Gasteiger partial charge in [0.05, 0.1) is 10.6 Å². The van der Waals surface area contributed by atoms with Crippen LogP contribution >= 0.6 is 0 Å². The molecule has 1 atom stereocenters. The van der Waals surface area contributed by atoms with E-state index in [4.69, 9.17) is 5.26 Å². The fraction of sp³-hybridized carbons (Fsp3) is 0.450. The molecule has 1 aromatic carbocycles. The molecule has 0 N–H and O–H groups in total. The van der Waals surface area contributed by atoms with Gasteiger partial charge in [0.2, 0.25) is 0 Å². The average molecular weight is 385 g/mol.